The van der Waals surface area contributed by atoms with Gasteiger partial charge in [-0.2, -0.15) is 0 Å². The van der Waals surface area contributed by atoms with Crippen molar-refractivity contribution in [2.24, 2.45) is 0 Å². The molecule has 0 radical (unpaired) electrons. The Morgan fingerprint density at radius 3 is 2.14 bits per heavy atom. The molecule has 0 N–H and O–H groups in total. The minimum absolute atomic E-state index is 0.656. The van der Waals surface area contributed by atoms with Gasteiger partial charge in [0.25, 0.3) is 0 Å². The normalized spacial score (nSPS) is 10.5. The molecule has 110 valence electrons. The number of ether oxygens (including phenoxy) is 1. The first-order valence-corrected chi connectivity index (χ1v) is 7.54. The van der Waals surface area contributed by atoms with Crippen molar-refractivity contribution in [1.29, 1.82) is 0 Å². The molecule has 0 aliphatic carbocycles. The maximum Gasteiger partial charge on any atom is 0.0717 e. The van der Waals surface area contributed by atoms with Crippen LogP contribution in [0.25, 0.3) is 11.1 Å². The third-order valence-corrected chi connectivity index (χ3v) is 3.55. The Kier molecular flexibility index (Phi) is 4.96. The van der Waals surface area contributed by atoms with Gasteiger partial charge in [0.2, 0.25) is 0 Å². The van der Waals surface area contributed by atoms with Crippen LogP contribution in [0.5, 0.6) is 0 Å². The maximum atomic E-state index is 5.70. The van der Waals surface area contributed by atoms with Crippen LogP contribution in [0.1, 0.15) is 11.3 Å². The zero-order valence-corrected chi connectivity index (χ0v) is 12.5. The number of rotatable bonds is 6. The molecule has 2 aromatic carbocycles. The Labute approximate surface area is 131 Å². The second-order valence-electron chi connectivity index (χ2n) is 5.19. The molecule has 3 aromatic rings. The van der Waals surface area contributed by atoms with Gasteiger partial charge in [-0.1, -0.05) is 66.7 Å². The van der Waals surface area contributed by atoms with Gasteiger partial charge in [-0.15, -0.1) is 0 Å². The van der Waals surface area contributed by atoms with E-state index in [4.69, 9.17) is 4.74 Å². The van der Waals surface area contributed by atoms with Gasteiger partial charge in [-0.25, -0.2) is 0 Å². The van der Waals surface area contributed by atoms with Gasteiger partial charge in [0.15, 0.2) is 0 Å². The van der Waals surface area contributed by atoms with Crippen LogP contribution in [-0.4, -0.2) is 11.6 Å². The molecule has 22 heavy (non-hydrogen) atoms. The Bertz CT molecular complexity index is 678. The third-order valence-electron chi connectivity index (χ3n) is 3.55. The summed E-state index contributed by atoms with van der Waals surface area (Å²) in [7, 11) is 0. The van der Waals surface area contributed by atoms with Crippen LogP contribution in [0.2, 0.25) is 0 Å². The topological polar surface area (TPSA) is 22.1 Å². The fraction of sp³-hybridized carbons (Fsp3) is 0.150. The number of aromatic nitrogens is 1. The molecular weight excluding hydrogens is 270 g/mol. The molecule has 0 fully saturated rings. The zero-order chi connectivity index (χ0) is 15.0. The van der Waals surface area contributed by atoms with Crippen LogP contribution in [0.3, 0.4) is 0 Å². The van der Waals surface area contributed by atoms with Gasteiger partial charge in [0.1, 0.15) is 0 Å². The smallest absolute Gasteiger partial charge is 0.0717 e. The summed E-state index contributed by atoms with van der Waals surface area (Å²) in [6.45, 7) is 1.34. The van der Waals surface area contributed by atoms with Crippen LogP contribution in [0.15, 0.2) is 79.0 Å². The lowest BCUT2D eigenvalue weighted by molar-refractivity contribution is 0.123. The largest absolute Gasteiger partial charge is 0.376 e. The molecule has 0 spiro atoms. The van der Waals surface area contributed by atoms with Crippen molar-refractivity contribution >= 4 is 0 Å². The maximum absolute atomic E-state index is 5.70. The third kappa shape index (κ3) is 4.03. The van der Waals surface area contributed by atoms with Crippen LogP contribution in [0, 0.1) is 0 Å². The molecule has 1 heterocycles. The average molecular weight is 289 g/mol. The van der Waals surface area contributed by atoms with Crippen molar-refractivity contribution in [3.05, 3.63) is 90.3 Å². The first-order chi connectivity index (χ1) is 10.9. The lowest BCUT2D eigenvalue weighted by Gasteiger charge is -2.05. The first-order valence-electron chi connectivity index (χ1n) is 7.54. The summed E-state index contributed by atoms with van der Waals surface area (Å²) in [6.07, 6.45) is 2.77. The van der Waals surface area contributed by atoms with Gasteiger partial charge in [0.05, 0.1) is 13.2 Å². The number of hydrogen-bond donors (Lipinski definition) is 0. The van der Waals surface area contributed by atoms with Crippen LogP contribution in [0.4, 0.5) is 0 Å². The predicted molar refractivity (Wildman–Crippen MR) is 89.5 cm³/mol. The van der Waals surface area contributed by atoms with Gasteiger partial charge in [-0.3, -0.25) is 4.98 Å². The SMILES string of the molecule is c1ccc(COCCc2ccc(-c3ccccc3)cn2)cc1. The van der Waals surface area contributed by atoms with Crippen LogP contribution in [-0.2, 0) is 17.8 Å². The average Bonchev–Trinajstić information content (AvgIpc) is 2.61. The number of benzene rings is 2. The molecule has 0 atom stereocenters. The quantitative estimate of drug-likeness (QED) is 0.623. The van der Waals surface area contributed by atoms with E-state index >= 15 is 0 Å². The van der Waals surface area contributed by atoms with E-state index in [-0.39, 0.29) is 0 Å². The predicted octanol–water partition coefficient (Wildman–Crippen LogP) is 4.51. The van der Waals surface area contributed by atoms with E-state index in [0.29, 0.717) is 13.2 Å². The minimum atomic E-state index is 0.656. The number of nitrogens with zero attached hydrogens (tertiary/aromatic N) is 1. The molecule has 0 aliphatic heterocycles. The van der Waals surface area contributed by atoms with Crippen molar-refractivity contribution in [3.8, 4) is 11.1 Å². The van der Waals surface area contributed by atoms with E-state index in [2.05, 4.69) is 41.4 Å². The van der Waals surface area contributed by atoms with E-state index in [9.17, 15) is 0 Å². The van der Waals surface area contributed by atoms with E-state index in [1.807, 2.05) is 42.6 Å². The molecule has 0 bridgehead atoms. The second kappa shape index (κ2) is 7.53. The molecule has 2 nitrogen and oxygen atoms in total. The standard InChI is InChI=1S/C20H19NO/c1-3-7-17(8-4-1)16-22-14-13-20-12-11-19(15-21-20)18-9-5-2-6-10-18/h1-12,15H,13-14,16H2. The van der Waals surface area contributed by atoms with Crippen LogP contribution >= 0.6 is 0 Å². The number of hydrogen-bond acceptors (Lipinski definition) is 2. The van der Waals surface area contributed by atoms with Gasteiger partial charge in [-0.05, 0) is 17.2 Å². The highest BCUT2D eigenvalue weighted by atomic mass is 16.5. The van der Waals surface area contributed by atoms with E-state index < -0.39 is 0 Å². The molecule has 0 saturated heterocycles. The molecule has 2 heteroatoms. The summed E-state index contributed by atoms with van der Waals surface area (Å²) in [6, 6.07) is 24.7. The van der Waals surface area contributed by atoms with Crippen molar-refractivity contribution in [3.63, 3.8) is 0 Å². The summed E-state index contributed by atoms with van der Waals surface area (Å²) in [5.74, 6) is 0. The monoisotopic (exact) mass is 289 g/mol. The van der Waals surface area contributed by atoms with Crippen molar-refractivity contribution < 1.29 is 4.74 Å². The van der Waals surface area contributed by atoms with E-state index in [0.717, 1.165) is 17.7 Å². The van der Waals surface area contributed by atoms with Gasteiger partial charge in [0, 0.05) is 23.9 Å². The summed E-state index contributed by atoms with van der Waals surface area (Å²) in [4.78, 5) is 4.52. The Morgan fingerprint density at radius 1 is 0.727 bits per heavy atom. The Hall–Kier alpha value is -2.45. The molecule has 0 aliphatic rings. The van der Waals surface area contributed by atoms with Crippen molar-refractivity contribution in [2.45, 2.75) is 13.0 Å². The summed E-state index contributed by atoms with van der Waals surface area (Å²) in [5.41, 5.74) is 4.61. The lowest BCUT2D eigenvalue weighted by Crippen LogP contribution is -2.00. The molecule has 0 amide bonds. The fourth-order valence-electron chi connectivity index (χ4n) is 2.31. The molecule has 3 rings (SSSR count). The molecular formula is C20H19NO. The summed E-state index contributed by atoms with van der Waals surface area (Å²) < 4.78 is 5.70. The van der Waals surface area contributed by atoms with Gasteiger partial charge >= 0.3 is 0 Å². The van der Waals surface area contributed by atoms with Crippen LogP contribution < -0.4 is 0 Å². The van der Waals surface area contributed by atoms with E-state index in [1.165, 1.54) is 11.1 Å². The second-order valence-corrected chi connectivity index (χ2v) is 5.19. The molecule has 0 saturated carbocycles. The molecule has 1 aromatic heterocycles. The Balaban J connectivity index is 1.49. The van der Waals surface area contributed by atoms with Gasteiger partial charge < -0.3 is 4.74 Å². The van der Waals surface area contributed by atoms with Crippen molar-refractivity contribution in [1.82, 2.24) is 4.98 Å². The highest BCUT2D eigenvalue weighted by molar-refractivity contribution is 5.62. The zero-order valence-electron chi connectivity index (χ0n) is 12.5. The lowest BCUT2D eigenvalue weighted by atomic mass is 10.1. The summed E-state index contributed by atoms with van der Waals surface area (Å²) >= 11 is 0. The Morgan fingerprint density at radius 2 is 1.45 bits per heavy atom. The highest BCUT2D eigenvalue weighted by Gasteiger charge is 1.99. The number of pyridine rings is 1. The molecule has 0 unspecified atom stereocenters. The minimum Gasteiger partial charge on any atom is -0.376 e. The fourth-order valence-corrected chi connectivity index (χ4v) is 2.31. The highest BCUT2D eigenvalue weighted by Crippen LogP contribution is 2.17. The van der Waals surface area contributed by atoms with E-state index in [1.54, 1.807) is 0 Å². The first kappa shape index (κ1) is 14.5. The van der Waals surface area contributed by atoms with Crippen molar-refractivity contribution in [2.75, 3.05) is 6.61 Å². The summed E-state index contributed by atoms with van der Waals surface area (Å²) in [5, 5.41) is 0.